The van der Waals surface area contributed by atoms with Crippen molar-refractivity contribution in [2.75, 3.05) is 5.32 Å². The number of rotatable bonds is 9. The van der Waals surface area contributed by atoms with E-state index in [2.05, 4.69) is 170 Å². The lowest BCUT2D eigenvalue weighted by Crippen LogP contribution is -2.29. The molecule has 0 heterocycles. The number of allylic oxidation sites excluding steroid dienone is 4. The van der Waals surface area contributed by atoms with Crippen LogP contribution in [0.2, 0.25) is 0 Å². The van der Waals surface area contributed by atoms with Gasteiger partial charge < -0.3 is 5.32 Å². The van der Waals surface area contributed by atoms with E-state index < -0.39 is 0 Å². The van der Waals surface area contributed by atoms with Gasteiger partial charge in [0.05, 0.1) is 6.04 Å². The van der Waals surface area contributed by atoms with E-state index in [4.69, 9.17) is 0 Å². The van der Waals surface area contributed by atoms with Crippen molar-refractivity contribution in [2.24, 2.45) is 17.8 Å². The van der Waals surface area contributed by atoms with Crippen molar-refractivity contribution in [1.29, 1.82) is 0 Å². The van der Waals surface area contributed by atoms with E-state index in [9.17, 15) is 0 Å². The van der Waals surface area contributed by atoms with Crippen LogP contribution in [0.5, 0.6) is 0 Å². The molecule has 222 valence electrons. The van der Waals surface area contributed by atoms with Gasteiger partial charge in [0.2, 0.25) is 0 Å². The molecule has 4 aromatic carbocycles. The molecule has 1 aliphatic carbocycles. The van der Waals surface area contributed by atoms with E-state index in [0.29, 0.717) is 23.7 Å². The highest BCUT2D eigenvalue weighted by atomic mass is 14.9. The fraction of sp³-hybridized carbons (Fsp3) is 0.333. The topological polar surface area (TPSA) is 12.0 Å². The summed E-state index contributed by atoms with van der Waals surface area (Å²) in [6, 6.07) is 33.3. The van der Waals surface area contributed by atoms with Crippen LogP contribution in [0.15, 0.2) is 120 Å². The first-order chi connectivity index (χ1) is 20.7. The molecule has 0 aliphatic heterocycles. The Hall–Kier alpha value is -3.84. The SMILES string of the molecule is CC(C)C1=C(C(Nc2cccc3ccccc23)c2c(C(C)C)cccc2C(C)C)C(C(C)C)C(=Cc2ccccc2)C=C1. The van der Waals surface area contributed by atoms with Crippen LogP contribution in [0.3, 0.4) is 0 Å². The molecule has 0 amide bonds. The second-order valence-corrected chi connectivity index (χ2v) is 13.4. The molecule has 1 N–H and O–H groups in total. The van der Waals surface area contributed by atoms with Gasteiger partial charge in [-0.25, -0.2) is 0 Å². The average molecular weight is 568 g/mol. The minimum atomic E-state index is 0.0238. The second-order valence-electron chi connectivity index (χ2n) is 13.4. The Morgan fingerprint density at radius 1 is 0.605 bits per heavy atom. The molecule has 5 rings (SSSR count). The molecule has 0 spiro atoms. The summed E-state index contributed by atoms with van der Waals surface area (Å²) in [6.07, 6.45) is 7.21. The van der Waals surface area contributed by atoms with Gasteiger partial charge in [0.15, 0.2) is 0 Å². The maximum atomic E-state index is 4.23. The first-order valence-corrected chi connectivity index (χ1v) is 16.2. The van der Waals surface area contributed by atoms with E-state index >= 15 is 0 Å². The highest BCUT2D eigenvalue weighted by molar-refractivity contribution is 5.94. The van der Waals surface area contributed by atoms with Gasteiger partial charge in [-0.05, 0) is 74.1 Å². The Balaban J connectivity index is 1.83. The highest BCUT2D eigenvalue weighted by Crippen LogP contribution is 2.48. The van der Waals surface area contributed by atoms with Crippen molar-refractivity contribution >= 4 is 22.5 Å². The molecule has 0 fully saturated rings. The molecule has 0 aromatic heterocycles. The summed E-state index contributed by atoms with van der Waals surface area (Å²) in [6.45, 7) is 18.9. The number of fused-ring (bicyclic) bond motifs is 1. The molecule has 0 radical (unpaired) electrons. The van der Waals surface area contributed by atoms with Crippen LogP contribution in [0.1, 0.15) is 95.5 Å². The number of anilines is 1. The molecule has 43 heavy (non-hydrogen) atoms. The first kappa shape index (κ1) is 30.6. The predicted octanol–water partition coefficient (Wildman–Crippen LogP) is 12.1. The smallest absolute Gasteiger partial charge is 0.0744 e. The maximum absolute atomic E-state index is 4.23. The van der Waals surface area contributed by atoms with Crippen LogP contribution in [-0.2, 0) is 0 Å². The third kappa shape index (κ3) is 6.42. The summed E-state index contributed by atoms with van der Waals surface area (Å²) in [5, 5.41) is 6.76. The number of hydrogen-bond acceptors (Lipinski definition) is 1. The Kier molecular flexibility index (Phi) is 9.40. The van der Waals surface area contributed by atoms with Crippen LogP contribution < -0.4 is 5.32 Å². The van der Waals surface area contributed by atoms with Crippen LogP contribution in [0.25, 0.3) is 16.8 Å². The van der Waals surface area contributed by atoms with E-state index in [0.717, 1.165) is 0 Å². The van der Waals surface area contributed by atoms with Crippen molar-refractivity contribution < 1.29 is 0 Å². The zero-order valence-electron chi connectivity index (χ0n) is 27.4. The molecule has 4 aromatic rings. The Morgan fingerprint density at radius 3 is 1.84 bits per heavy atom. The van der Waals surface area contributed by atoms with Crippen LogP contribution in [0.4, 0.5) is 5.69 Å². The van der Waals surface area contributed by atoms with Crippen LogP contribution in [-0.4, -0.2) is 0 Å². The zero-order valence-corrected chi connectivity index (χ0v) is 27.4. The molecular formula is C42H49N. The molecule has 1 heteroatoms. The maximum Gasteiger partial charge on any atom is 0.0744 e. The molecule has 2 unspecified atom stereocenters. The summed E-state index contributed by atoms with van der Waals surface area (Å²) >= 11 is 0. The summed E-state index contributed by atoms with van der Waals surface area (Å²) in [4.78, 5) is 0. The van der Waals surface area contributed by atoms with Crippen molar-refractivity contribution in [3.05, 3.63) is 142 Å². The summed E-state index contributed by atoms with van der Waals surface area (Å²) in [5.41, 5.74) is 11.1. The highest BCUT2D eigenvalue weighted by Gasteiger charge is 2.36. The van der Waals surface area contributed by atoms with Gasteiger partial charge in [0.1, 0.15) is 0 Å². The fourth-order valence-corrected chi connectivity index (χ4v) is 6.99. The van der Waals surface area contributed by atoms with Crippen molar-refractivity contribution in [1.82, 2.24) is 0 Å². The minimum Gasteiger partial charge on any atom is -0.374 e. The predicted molar refractivity (Wildman–Crippen MR) is 189 cm³/mol. The summed E-state index contributed by atoms with van der Waals surface area (Å²) < 4.78 is 0. The zero-order chi connectivity index (χ0) is 30.7. The van der Waals surface area contributed by atoms with Gasteiger partial charge in [0, 0.05) is 17.0 Å². The van der Waals surface area contributed by atoms with Crippen molar-refractivity contribution in [2.45, 2.75) is 73.3 Å². The summed E-state index contributed by atoms with van der Waals surface area (Å²) in [7, 11) is 0. The number of hydrogen-bond donors (Lipinski definition) is 1. The molecule has 1 nitrogen and oxygen atoms in total. The van der Waals surface area contributed by atoms with E-state index in [1.54, 1.807) is 0 Å². The normalized spacial score (nSPS) is 17.2. The molecule has 2 atom stereocenters. The van der Waals surface area contributed by atoms with Gasteiger partial charge in [-0.15, -0.1) is 0 Å². The van der Waals surface area contributed by atoms with E-state index in [1.807, 2.05) is 0 Å². The minimum absolute atomic E-state index is 0.0238. The van der Waals surface area contributed by atoms with E-state index in [1.165, 1.54) is 55.4 Å². The molecule has 0 bridgehead atoms. The van der Waals surface area contributed by atoms with Gasteiger partial charge in [-0.2, -0.15) is 0 Å². The van der Waals surface area contributed by atoms with Gasteiger partial charge >= 0.3 is 0 Å². The molecule has 0 saturated heterocycles. The third-order valence-corrected chi connectivity index (χ3v) is 9.01. The second kappa shape index (κ2) is 13.2. The lowest BCUT2D eigenvalue weighted by molar-refractivity contribution is 0.476. The van der Waals surface area contributed by atoms with Gasteiger partial charge in [0.25, 0.3) is 0 Å². The van der Waals surface area contributed by atoms with E-state index in [-0.39, 0.29) is 12.0 Å². The van der Waals surface area contributed by atoms with Crippen LogP contribution >= 0.6 is 0 Å². The van der Waals surface area contributed by atoms with Gasteiger partial charge in [-0.3, -0.25) is 0 Å². The Bertz CT molecular complexity index is 1610. The Morgan fingerprint density at radius 2 is 1.21 bits per heavy atom. The fourth-order valence-electron chi connectivity index (χ4n) is 6.99. The van der Waals surface area contributed by atoms with Crippen molar-refractivity contribution in [3.8, 4) is 0 Å². The third-order valence-electron chi connectivity index (χ3n) is 9.01. The lowest BCUT2D eigenvalue weighted by Gasteiger charge is -2.40. The van der Waals surface area contributed by atoms with Crippen LogP contribution in [0, 0.1) is 17.8 Å². The standard InChI is InChI=1S/C42H49N/c1-27(2)34-21-15-22-35(28(3)4)40(34)42(43-38-23-14-19-32-18-12-13-20-37(32)38)41-36(29(5)6)25-24-33(39(41)30(7)8)26-31-16-10-9-11-17-31/h9-30,39,42-43H,1-8H3. The number of nitrogens with one attached hydrogen (secondary N) is 1. The monoisotopic (exact) mass is 567 g/mol. The molecule has 0 saturated carbocycles. The van der Waals surface area contributed by atoms with Gasteiger partial charge in [-0.1, -0.05) is 159 Å². The lowest BCUT2D eigenvalue weighted by atomic mass is 9.68. The summed E-state index contributed by atoms with van der Waals surface area (Å²) in [5.74, 6) is 1.91. The first-order valence-electron chi connectivity index (χ1n) is 16.2. The molecular weight excluding hydrogens is 518 g/mol. The quantitative estimate of drug-likeness (QED) is 0.212. The largest absolute Gasteiger partial charge is 0.374 e. The Labute approximate surface area is 260 Å². The van der Waals surface area contributed by atoms with Crippen molar-refractivity contribution in [3.63, 3.8) is 0 Å². The molecule has 1 aliphatic rings. The number of benzene rings is 4. The average Bonchev–Trinajstić information content (AvgIpc) is 2.99.